The van der Waals surface area contributed by atoms with Gasteiger partial charge in [-0.15, -0.1) is 0 Å². The molecule has 2 bridgehead atoms. The third-order valence-corrected chi connectivity index (χ3v) is 5.07. The molecule has 2 fully saturated rings. The van der Waals surface area contributed by atoms with Crippen molar-refractivity contribution in [1.82, 2.24) is 10.7 Å². The van der Waals surface area contributed by atoms with Gasteiger partial charge < -0.3 is 14.8 Å². The fourth-order valence-corrected chi connectivity index (χ4v) is 4.00. The highest BCUT2D eigenvalue weighted by atomic mass is 32.1. The van der Waals surface area contributed by atoms with Gasteiger partial charge >= 0.3 is 0 Å². The molecule has 2 aliphatic carbocycles. The molecule has 1 aromatic rings. The van der Waals surface area contributed by atoms with Gasteiger partial charge in [0.2, 0.25) is 0 Å². The standard InChI is InChI=1S/C17H23N3O2S/c1-21-15-5-3-4-13(16(15)22-2)10-18-20-17(23)19-14-9-11-6-7-12(14)8-11/h3-5,10-12,14H,6-9H2,1-2H3,(H2,19,20,23)/b18-10-/t11-,12-,14-/m0/s1. The first-order valence-corrected chi connectivity index (χ1v) is 8.42. The predicted octanol–water partition coefficient (Wildman–Crippen LogP) is 2.69. The van der Waals surface area contributed by atoms with Gasteiger partial charge in [-0.2, -0.15) is 5.10 Å². The molecule has 0 radical (unpaired) electrons. The first-order valence-electron chi connectivity index (χ1n) is 8.01. The lowest BCUT2D eigenvalue weighted by atomic mass is 9.96. The molecule has 0 saturated heterocycles. The Labute approximate surface area is 142 Å². The van der Waals surface area contributed by atoms with Crippen LogP contribution < -0.4 is 20.2 Å². The summed E-state index contributed by atoms with van der Waals surface area (Å²) >= 11 is 5.34. The van der Waals surface area contributed by atoms with Crippen molar-refractivity contribution in [2.75, 3.05) is 14.2 Å². The van der Waals surface area contributed by atoms with Crippen LogP contribution in [0, 0.1) is 11.8 Å². The van der Waals surface area contributed by atoms with E-state index in [9.17, 15) is 0 Å². The third-order valence-electron chi connectivity index (χ3n) is 4.86. The van der Waals surface area contributed by atoms with Crippen LogP contribution in [0.15, 0.2) is 23.3 Å². The molecule has 2 saturated carbocycles. The highest BCUT2D eigenvalue weighted by Gasteiger charge is 2.39. The Hall–Kier alpha value is -1.82. The fourth-order valence-electron chi connectivity index (χ4n) is 3.80. The predicted molar refractivity (Wildman–Crippen MR) is 95.2 cm³/mol. The van der Waals surface area contributed by atoms with E-state index < -0.39 is 0 Å². The maximum absolute atomic E-state index is 5.37. The van der Waals surface area contributed by atoms with Gasteiger partial charge in [0.05, 0.1) is 20.4 Å². The van der Waals surface area contributed by atoms with Crippen LogP contribution in [0.1, 0.15) is 31.2 Å². The second-order valence-electron chi connectivity index (χ2n) is 6.21. The fraction of sp³-hybridized carbons (Fsp3) is 0.529. The van der Waals surface area contributed by atoms with Crippen molar-refractivity contribution in [3.05, 3.63) is 23.8 Å². The summed E-state index contributed by atoms with van der Waals surface area (Å²) in [6.07, 6.45) is 6.99. The minimum absolute atomic E-state index is 0.510. The second kappa shape index (κ2) is 7.17. The Morgan fingerprint density at radius 3 is 2.78 bits per heavy atom. The number of hydrogen-bond donors (Lipinski definition) is 2. The van der Waals surface area contributed by atoms with E-state index in [0.717, 1.165) is 17.4 Å². The molecule has 2 aliphatic rings. The molecule has 0 spiro atoms. The van der Waals surface area contributed by atoms with Crippen molar-refractivity contribution in [3.8, 4) is 11.5 Å². The topological polar surface area (TPSA) is 54.9 Å². The van der Waals surface area contributed by atoms with E-state index in [1.54, 1.807) is 20.4 Å². The molecular formula is C17H23N3O2S. The minimum atomic E-state index is 0.510. The highest BCUT2D eigenvalue weighted by Crippen LogP contribution is 2.44. The Bertz CT molecular complexity index is 606. The Kier molecular flexibility index (Phi) is 5.00. The molecule has 0 aromatic heterocycles. The lowest BCUT2D eigenvalue weighted by Gasteiger charge is -2.23. The molecule has 3 rings (SSSR count). The summed E-state index contributed by atoms with van der Waals surface area (Å²) in [5, 5.41) is 8.20. The number of ether oxygens (including phenoxy) is 2. The van der Waals surface area contributed by atoms with E-state index in [-0.39, 0.29) is 0 Å². The summed E-state index contributed by atoms with van der Waals surface area (Å²) in [6.45, 7) is 0. The molecule has 5 nitrogen and oxygen atoms in total. The first-order chi connectivity index (χ1) is 11.2. The van der Waals surface area contributed by atoms with E-state index in [4.69, 9.17) is 21.7 Å². The smallest absolute Gasteiger partial charge is 0.187 e. The van der Waals surface area contributed by atoms with Crippen LogP contribution in [0.5, 0.6) is 11.5 Å². The molecular weight excluding hydrogens is 310 g/mol. The summed E-state index contributed by atoms with van der Waals surface area (Å²) in [7, 11) is 3.23. The molecule has 2 N–H and O–H groups in total. The Morgan fingerprint density at radius 1 is 1.26 bits per heavy atom. The molecule has 0 unspecified atom stereocenters. The van der Waals surface area contributed by atoms with Crippen molar-refractivity contribution in [2.45, 2.75) is 31.7 Å². The van der Waals surface area contributed by atoms with Crippen LogP contribution >= 0.6 is 12.2 Å². The first kappa shape index (κ1) is 16.1. The van der Waals surface area contributed by atoms with Crippen LogP contribution in [0.3, 0.4) is 0 Å². The number of para-hydroxylation sites is 1. The molecule has 1 aromatic carbocycles. The number of hydrazone groups is 1. The van der Waals surface area contributed by atoms with Crippen LogP contribution in [0.4, 0.5) is 0 Å². The van der Waals surface area contributed by atoms with Gasteiger partial charge in [-0.05, 0) is 55.4 Å². The van der Waals surface area contributed by atoms with Crippen LogP contribution in [-0.4, -0.2) is 31.6 Å². The molecule has 3 atom stereocenters. The summed E-state index contributed by atoms with van der Waals surface area (Å²) < 4.78 is 10.6. The third kappa shape index (κ3) is 3.58. The molecule has 0 heterocycles. The zero-order valence-corrected chi connectivity index (χ0v) is 14.4. The number of hydrogen-bond acceptors (Lipinski definition) is 4. The van der Waals surface area contributed by atoms with Gasteiger partial charge in [0, 0.05) is 11.6 Å². The monoisotopic (exact) mass is 333 g/mol. The number of nitrogens with zero attached hydrogens (tertiary/aromatic N) is 1. The number of rotatable bonds is 5. The van der Waals surface area contributed by atoms with E-state index in [2.05, 4.69) is 15.8 Å². The zero-order valence-electron chi connectivity index (χ0n) is 13.5. The Morgan fingerprint density at radius 2 is 2.13 bits per heavy atom. The number of methoxy groups -OCH3 is 2. The van der Waals surface area contributed by atoms with Crippen molar-refractivity contribution in [3.63, 3.8) is 0 Å². The average molecular weight is 333 g/mol. The molecule has 0 amide bonds. The Balaban J connectivity index is 1.55. The second-order valence-corrected chi connectivity index (χ2v) is 6.62. The largest absolute Gasteiger partial charge is 0.493 e. The number of thiocarbonyl (C=S) groups is 1. The maximum atomic E-state index is 5.37. The van der Waals surface area contributed by atoms with Crippen molar-refractivity contribution in [2.24, 2.45) is 16.9 Å². The summed E-state index contributed by atoms with van der Waals surface area (Å²) in [6, 6.07) is 6.17. The van der Waals surface area contributed by atoms with Gasteiger partial charge in [-0.25, -0.2) is 0 Å². The van der Waals surface area contributed by atoms with Crippen molar-refractivity contribution in [1.29, 1.82) is 0 Å². The molecule has 23 heavy (non-hydrogen) atoms. The molecule has 6 heteroatoms. The van der Waals surface area contributed by atoms with E-state index in [0.29, 0.717) is 22.7 Å². The normalized spacial score (nSPS) is 25.6. The maximum Gasteiger partial charge on any atom is 0.187 e. The molecule has 124 valence electrons. The highest BCUT2D eigenvalue weighted by molar-refractivity contribution is 7.80. The van der Waals surface area contributed by atoms with Gasteiger partial charge in [-0.1, -0.05) is 12.5 Å². The SMILES string of the molecule is COc1cccc(/C=N\NC(=S)N[C@H]2C[C@H]3CC[C@H]2C3)c1OC. The average Bonchev–Trinajstić information content (AvgIpc) is 3.17. The van der Waals surface area contributed by atoms with Crippen molar-refractivity contribution >= 4 is 23.5 Å². The number of fused-ring (bicyclic) bond motifs is 2. The van der Waals surface area contributed by atoms with Gasteiger partial charge in [0.1, 0.15) is 0 Å². The molecule has 0 aliphatic heterocycles. The summed E-state index contributed by atoms with van der Waals surface area (Å²) in [5.41, 5.74) is 3.73. The van der Waals surface area contributed by atoms with Gasteiger partial charge in [-0.3, -0.25) is 5.43 Å². The van der Waals surface area contributed by atoms with E-state index in [1.165, 1.54) is 25.7 Å². The van der Waals surface area contributed by atoms with Crippen LogP contribution in [-0.2, 0) is 0 Å². The van der Waals surface area contributed by atoms with Crippen LogP contribution in [0.2, 0.25) is 0 Å². The summed E-state index contributed by atoms with van der Waals surface area (Å²) in [5.74, 6) is 3.01. The lowest BCUT2D eigenvalue weighted by Crippen LogP contribution is -2.42. The minimum Gasteiger partial charge on any atom is -0.493 e. The van der Waals surface area contributed by atoms with Crippen molar-refractivity contribution < 1.29 is 9.47 Å². The zero-order chi connectivity index (χ0) is 16.2. The van der Waals surface area contributed by atoms with E-state index in [1.807, 2.05) is 18.2 Å². The number of nitrogens with one attached hydrogen (secondary N) is 2. The quantitative estimate of drug-likeness (QED) is 0.493. The summed E-state index contributed by atoms with van der Waals surface area (Å²) in [4.78, 5) is 0. The van der Waals surface area contributed by atoms with E-state index >= 15 is 0 Å². The van der Waals surface area contributed by atoms with Crippen LogP contribution in [0.25, 0.3) is 0 Å². The lowest BCUT2D eigenvalue weighted by molar-refractivity contribution is 0.354. The number of benzene rings is 1. The van der Waals surface area contributed by atoms with Gasteiger partial charge in [0.25, 0.3) is 0 Å². The van der Waals surface area contributed by atoms with Gasteiger partial charge in [0.15, 0.2) is 16.6 Å².